The highest BCUT2D eigenvalue weighted by Crippen LogP contribution is 2.39. The van der Waals surface area contributed by atoms with Crippen molar-refractivity contribution in [2.24, 2.45) is 17.1 Å². The van der Waals surface area contributed by atoms with Gasteiger partial charge in [0.15, 0.2) is 0 Å². The van der Waals surface area contributed by atoms with E-state index in [0.29, 0.717) is 5.41 Å². The van der Waals surface area contributed by atoms with Gasteiger partial charge in [-0.25, -0.2) is 0 Å². The molecular weight excluding hydrogens is 160 g/mol. The van der Waals surface area contributed by atoms with E-state index in [1.54, 1.807) is 0 Å². The van der Waals surface area contributed by atoms with Gasteiger partial charge in [0.05, 0.1) is 0 Å². The summed E-state index contributed by atoms with van der Waals surface area (Å²) < 4.78 is 0. The van der Waals surface area contributed by atoms with E-state index in [-0.39, 0.29) is 0 Å². The van der Waals surface area contributed by atoms with E-state index in [1.165, 1.54) is 19.3 Å². The minimum absolute atomic E-state index is 0.483. The molecule has 1 aliphatic carbocycles. The first-order valence-corrected chi connectivity index (χ1v) is 5.31. The maximum Gasteiger partial charge on any atom is 0.00973 e. The summed E-state index contributed by atoms with van der Waals surface area (Å²) in [7, 11) is 4.36. The number of nitrogens with two attached hydrogens (primary N) is 1. The number of rotatable bonds is 2. The molecule has 2 unspecified atom stereocenters. The smallest absolute Gasteiger partial charge is 0.00973 e. The van der Waals surface area contributed by atoms with Gasteiger partial charge < -0.3 is 10.6 Å². The zero-order valence-corrected chi connectivity index (χ0v) is 9.51. The molecule has 2 heteroatoms. The van der Waals surface area contributed by atoms with Crippen LogP contribution in [0.2, 0.25) is 0 Å². The van der Waals surface area contributed by atoms with Crippen LogP contribution in [0.15, 0.2) is 0 Å². The summed E-state index contributed by atoms with van der Waals surface area (Å²) in [5.41, 5.74) is 6.25. The van der Waals surface area contributed by atoms with Gasteiger partial charge in [0.2, 0.25) is 0 Å². The normalized spacial score (nSPS) is 33.7. The molecule has 2 nitrogen and oxygen atoms in total. The zero-order valence-electron chi connectivity index (χ0n) is 9.51. The maximum atomic E-state index is 5.77. The fourth-order valence-corrected chi connectivity index (χ4v) is 2.63. The number of hydrogen-bond acceptors (Lipinski definition) is 2. The van der Waals surface area contributed by atoms with Crippen LogP contribution in [0, 0.1) is 11.3 Å². The standard InChI is InChI=1S/C11H24N2/c1-11(2)6-9(8-12)5-10(7-11)13(3)4/h9-10H,5-8,12H2,1-4H3. The van der Waals surface area contributed by atoms with Crippen molar-refractivity contribution < 1.29 is 0 Å². The van der Waals surface area contributed by atoms with E-state index in [9.17, 15) is 0 Å². The van der Waals surface area contributed by atoms with E-state index in [4.69, 9.17) is 5.73 Å². The van der Waals surface area contributed by atoms with Gasteiger partial charge in [-0.15, -0.1) is 0 Å². The van der Waals surface area contributed by atoms with E-state index >= 15 is 0 Å². The lowest BCUT2D eigenvalue weighted by Crippen LogP contribution is -2.41. The molecule has 0 amide bonds. The monoisotopic (exact) mass is 184 g/mol. The molecule has 0 aromatic rings. The molecule has 0 aliphatic heterocycles. The quantitative estimate of drug-likeness (QED) is 0.708. The van der Waals surface area contributed by atoms with Crippen molar-refractivity contribution in [3.05, 3.63) is 0 Å². The molecule has 2 N–H and O–H groups in total. The Morgan fingerprint density at radius 2 is 1.92 bits per heavy atom. The second-order valence-electron chi connectivity index (χ2n) is 5.53. The molecule has 1 saturated carbocycles. The van der Waals surface area contributed by atoms with Crippen molar-refractivity contribution in [3.8, 4) is 0 Å². The number of hydrogen-bond donors (Lipinski definition) is 1. The Morgan fingerprint density at radius 3 is 2.38 bits per heavy atom. The molecule has 0 bridgehead atoms. The highest BCUT2D eigenvalue weighted by molar-refractivity contribution is 4.88. The Hall–Kier alpha value is -0.0800. The van der Waals surface area contributed by atoms with Gasteiger partial charge in [0.1, 0.15) is 0 Å². The summed E-state index contributed by atoms with van der Waals surface area (Å²) in [4.78, 5) is 2.35. The van der Waals surface area contributed by atoms with Crippen molar-refractivity contribution in [2.45, 2.75) is 39.2 Å². The van der Waals surface area contributed by atoms with Crippen molar-refractivity contribution in [3.63, 3.8) is 0 Å². The van der Waals surface area contributed by atoms with E-state index < -0.39 is 0 Å². The second-order valence-corrected chi connectivity index (χ2v) is 5.53. The molecule has 78 valence electrons. The summed E-state index contributed by atoms with van der Waals surface area (Å²) in [6.07, 6.45) is 3.90. The summed E-state index contributed by atoms with van der Waals surface area (Å²) >= 11 is 0. The molecule has 1 aliphatic rings. The first kappa shape index (κ1) is 11.0. The van der Waals surface area contributed by atoms with Gasteiger partial charge in [-0.2, -0.15) is 0 Å². The predicted molar refractivity (Wildman–Crippen MR) is 57.7 cm³/mol. The fourth-order valence-electron chi connectivity index (χ4n) is 2.63. The Labute approximate surface area is 82.5 Å². The average molecular weight is 184 g/mol. The molecule has 1 fully saturated rings. The first-order chi connectivity index (χ1) is 5.94. The van der Waals surface area contributed by atoms with E-state index in [0.717, 1.165) is 18.5 Å². The van der Waals surface area contributed by atoms with Crippen LogP contribution in [0.1, 0.15) is 33.1 Å². The van der Waals surface area contributed by atoms with Crippen LogP contribution in [-0.2, 0) is 0 Å². The minimum Gasteiger partial charge on any atom is -0.330 e. The Bertz CT molecular complexity index is 163. The fraction of sp³-hybridized carbons (Fsp3) is 1.00. The topological polar surface area (TPSA) is 29.3 Å². The van der Waals surface area contributed by atoms with Gasteiger partial charge in [-0.1, -0.05) is 13.8 Å². The SMILES string of the molecule is CN(C)C1CC(CN)CC(C)(C)C1. The molecule has 0 saturated heterocycles. The molecule has 0 aromatic heterocycles. The number of nitrogens with zero attached hydrogens (tertiary/aromatic N) is 1. The summed E-state index contributed by atoms with van der Waals surface area (Å²) in [5, 5.41) is 0. The van der Waals surface area contributed by atoms with Crippen LogP contribution >= 0.6 is 0 Å². The summed E-state index contributed by atoms with van der Waals surface area (Å²) in [5.74, 6) is 0.733. The third-order valence-electron chi connectivity index (χ3n) is 3.30. The first-order valence-electron chi connectivity index (χ1n) is 5.31. The highest BCUT2D eigenvalue weighted by atomic mass is 15.1. The van der Waals surface area contributed by atoms with Crippen LogP contribution < -0.4 is 5.73 Å². The van der Waals surface area contributed by atoms with Gasteiger partial charge >= 0.3 is 0 Å². The van der Waals surface area contributed by atoms with Gasteiger partial charge in [-0.05, 0) is 51.2 Å². The van der Waals surface area contributed by atoms with Gasteiger partial charge in [0.25, 0.3) is 0 Å². The molecular formula is C11H24N2. The lowest BCUT2D eigenvalue weighted by atomic mass is 9.70. The van der Waals surface area contributed by atoms with Crippen molar-refractivity contribution >= 4 is 0 Å². The van der Waals surface area contributed by atoms with Crippen LogP contribution in [0.3, 0.4) is 0 Å². The molecule has 2 atom stereocenters. The average Bonchev–Trinajstić information content (AvgIpc) is 2.01. The molecule has 0 radical (unpaired) electrons. The van der Waals surface area contributed by atoms with Crippen LogP contribution in [-0.4, -0.2) is 31.6 Å². The molecule has 0 heterocycles. The Morgan fingerprint density at radius 1 is 1.31 bits per heavy atom. The highest BCUT2D eigenvalue weighted by Gasteiger charge is 2.33. The lowest BCUT2D eigenvalue weighted by molar-refractivity contribution is 0.0934. The molecule has 1 rings (SSSR count). The third-order valence-corrected chi connectivity index (χ3v) is 3.30. The lowest BCUT2D eigenvalue weighted by Gasteiger charge is -2.42. The predicted octanol–water partition coefficient (Wildman–Crippen LogP) is 1.70. The largest absolute Gasteiger partial charge is 0.330 e. The Kier molecular flexibility index (Phi) is 3.36. The Balaban J connectivity index is 2.60. The van der Waals surface area contributed by atoms with Crippen molar-refractivity contribution in [2.75, 3.05) is 20.6 Å². The molecule has 0 spiro atoms. The summed E-state index contributed by atoms with van der Waals surface area (Å²) in [6, 6.07) is 0.734. The van der Waals surface area contributed by atoms with Crippen molar-refractivity contribution in [1.29, 1.82) is 0 Å². The maximum absolute atomic E-state index is 5.77. The van der Waals surface area contributed by atoms with E-state index in [2.05, 4.69) is 32.8 Å². The van der Waals surface area contributed by atoms with Crippen molar-refractivity contribution in [1.82, 2.24) is 4.90 Å². The minimum atomic E-state index is 0.483. The zero-order chi connectivity index (χ0) is 10.1. The van der Waals surface area contributed by atoms with Crippen LogP contribution in [0.5, 0.6) is 0 Å². The third kappa shape index (κ3) is 2.96. The summed E-state index contributed by atoms with van der Waals surface area (Å²) in [6.45, 7) is 5.59. The second kappa shape index (κ2) is 3.97. The van der Waals surface area contributed by atoms with Gasteiger partial charge in [0, 0.05) is 6.04 Å². The molecule has 13 heavy (non-hydrogen) atoms. The van der Waals surface area contributed by atoms with Gasteiger partial charge in [-0.3, -0.25) is 0 Å². The van der Waals surface area contributed by atoms with Crippen LogP contribution in [0.4, 0.5) is 0 Å². The van der Waals surface area contributed by atoms with Crippen LogP contribution in [0.25, 0.3) is 0 Å². The molecule has 0 aromatic carbocycles. The van der Waals surface area contributed by atoms with E-state index in [1.807, 2.05) is 0 Å².